The standard InChI is InChI=1S/C50H70N4O11S/c1-33-48(66-32-53-33)35-8-6-34(7-9-35)28-52-49(60)43-27-39(56)30-54(43)46(59)29-51-45(58)31-65-24-23-64-22-21-63-20-19-62-18-17-61-16-4-3-5-36-25-37-26-38(55)10-11-40(37)41-14-15-50(2)42(47(36)41)12-13-44(50)57/h6-11,26,32,36,39,41-44,47,55-57H,3-5,12-25,27-31H2,1-2H3,(H,51,58)(H,52,60). The Labute approximate surface area is 392 Å². The van der Waals surface area contributed by atoms with Crippen LogP contribution in [0.4, 0.5) is 0 Å². The third-order valence-corrected chi connectivity index (χ3v) is 15.4. The Kier molecular flexibility index (Phi) is 18.4. The van der Waals surface area contributed by atoms with E-state index in [1.165, 1.54) is 16.0 Å². The largest absolute Gasteiger partial charge is 0.508 e. The topological polar surface area (TPSA) is 198 Å². The van der Waals surface area contributed by atoms with Crippen molar-refractivity contribution >= 4 is 29.1 Å². The van der Waals surface area contributed by atoms with Crippen molar-refractivity contribution in [3.63, 3.8) is 0 Å². The number of phenolic OH excluding ortho intramolecular Hbond substituents is 1. The molecule has 3 amide bonds. The Bertz CT molecular complexity index is 2030. The second-order valence-corrected chi connectivity index (χ2v) is 19.5. The molecule has 4 aliphatic rings. The number of likely N-dealkylation sites (tertiary alicyclic amines) is 1. The summed E-state index contributed by atoms with van der Waals surface area (Å²) in [4.78, 5) is 45.0. The van der Waals surface area contributed by atoms with Crippen LogP contribution in [0.25, 0.3) is 10.4 Å². The Hall–Kier alpha value is -4.00. The Morgan fingerprint density at radius 1 is 0.864 bits per heavy atom. The number of nitrogens with zero attached hydrogens (tertiary/aromatic N) is 2. The molecular formula is C50H70N4O11S. The maximum absolute atomic E-state index is 13.0. The molecule has 8 unspecified atom stereocenters. The minimum Gasteiger partial charge on any atom is -0.508 e. The number of amides is 3. The van der Waals surface area contributed by atoms with Crippen molar-refractivity contribution in [3.05, 3.63) is 70.4 Å². The summed E-state index contributed by atoms with van der Waals surface area (Å²) in [5.41, 5.74) is 7.49. The number of nitrogens with one attached hydrogen (secondary N) is 2. The number of carbonyl (C=O) groups is 3. The zero-order valence-electron chi connectivity index (χ0n) is 38.6. The van der Waals surface area contributed by atoms with E-state index in [0.717, 1.165) is 73.1 Å². The van der Waals surface area contributed by atoms with Gasteiger partial charge < -0.3 is 54.5 Å². The molecule has 1 saturated heterocycles. The van der Waals surface area contributed by atoms with Gasteiger partial charge in [-0.3, -0.25) is 14.4 Å². The molecule has 3 aliphatic carbocycles. The molecule has 1 aliphatic heterocycles. The zero-order chi connectivity index (χ0) is 46.5. The van der Waals surface area contributed by atoms with E-state index in [2.05, 4.69) is 28.6 Å². The highest BCUT2D eigenvalue weighted by Crippen LogP contribution is 2.62. The predicted octanol–water partition coefficient (Wildman–Crippen LogP) is 4.91. The monoisotopic (exact) mass is 934 g/mol. The van der Waals surface area contributed by atoms with E-state index in [1.54, 1.807) is 11.3 Å². The number of hydrogen-bond acceptors (Lipinski definition) is 13. The highest BCUT2D eigenvalue weighted by molar-refractivity contribution is 7.13. The molecule has 0 spiro atoms. The van der Waals surface area contributed by atoms with E-state index in [1.807, 2.05) is 48.8 Å². The fourth-order valence-electron chi connectivity index (χ4n) is 11.0. The van der Waals surface area contributed by atoms with Crippen molar-refractivity contribution in [2.24, 2.45) is 23.2 Å². The maximum atomic E-state index is 13.0. The molecule has 5 N–H and O–H groups in total. The second kappa shape index (κ2) is 24.3. The van der Waals surface area contributed by atoms with Crippen molar-refractivity contribution in [2.75, 3.05) is 79.2 Å². The number of unbranched alkanes of at least 4 members (excludes halogenated alkanes) is 1. The summed E-state index contributed by atoms with van der Waals surface area (Å²) >= 11 is 1.57. The maximum Gasteiger partial charge on any atom is 0.246 e. The molecule has 0 bridgehead atoms. The first-order valence-corrected chi connectivity index (χ1v) is 24.8. The van der Waals surface area contributed by atoms with Crippen LogP contribution in [0.1, 0.15) is 86.6 Å². The highest BCUT2D eigenvalue weighted by Gasteiger charge is 2.56. The van der Waals surface area contributed by atoms with E-state index in [4.69, 9.17) is 23.7 Å². The lowest BCUT2D eigenvalue weighted by molar-refractivity contribution is -0.139. The number of carbonyl (C=O) groups excluding carboxylic acids is 3. The van der Waals surface area contributed by atoms with Gasteiger partial charge in [-0.25, -0.2) is 4.98 Å². The number of fused-ring (bicyclic) bond motifs is 5. The fraction of sp³-hybridized carbons (Fsp3) is 0.640. The first kappa shape index (κ1) is 49.9. The van der Waals surface area contributed by atoms with Crippen LogP contribution in [-0.4, -0.2) is 140 Å². The summed E-state index contributed by atoms with van der Waals surface area (Å²) in [7, 11) is 0. The molecular weight excluding hydrogens is 865 g/mol. The van der Waals surface area contributed by atoms with Crippen molar-refractivity contribution in [1.82, 2.24) is 20.5 Å². The number of aryl methyl sites for hydroxylation is 1. The lowest BCUT2D eigenvalue weighted by Crippen LogP contribution is -2.49. The smallest absolute Gasteiger partial charge is 0.246 e. The second-order valence-electron chi connectivity index (χ2n) is 18.7. The van der Waals surface area contributed by atoms with Crippen LogP contribution >= 0.6 is 11.3 Å². The number of aromatic hydroxyl groups is 1. The van der Waals surface area contributed by atoms with Crippen LogP contribution in [0.3, 0.4) is 0 Å². The fourth-order valence-corrected chi connectivity index (χ4v) is 11.8. The number of ether oxygens (including phenoxy) is 5. The number of aliphatic hydroxyl groups is 2. The van der Waals surface area contributed by atoms with Crippen LogP contribution in [0.5, 0.6) is 5.75 Å². The van der Waals surface area contributed by atoms with Gasteiger partial charge in [-0.05, 0) is 115 Å². The third-order valence-electron chi connectivity index (χ3n) is 14.4. The number of thiazole rings is 1. The van der Waals surface area contributed by atoms with Gasteiger partial charge in [-0.15, -0.1) is 11.3 Å². The average Bonchev–Trinajstić information content (AvgIpc) is 4.02. The van der Waals surface area contributed by atoms with E-state index in [0.29, 0.717) is 75.7 Å². The number of rotatable bonds is 25. The van der Waals surface area contributed by atoms with Crippen LogP contribution in [0, 0.1) is 30.1 Å². The predicted molar refractivity (Wildman–Crippen MR) is 249 cm³/mol. The lowest BCUT2D eigenvalue weighted by Gasteiger charge is -2.53. The van der Waals surface area contributed by atoms with Crippen molar-refractivity contribution in [3.8, 4) is 16.2 Å². The summed E-state index contributed by atoms with van der Waals surface area (Å²) in [6, 6.07) is 13.0. The molecule has 1 aromatic heterocycles. The molecule has 3 fully saturated rings. The van der Waals surface area contributed by atoms with E-state index >= 15 is 0 Å². The number of aliphatic hydroxyl groups excluding tert-OH is 2. The molecule has 66 heavy (non-hydrogen) atoms. The summed E-state index contributed by atoms with van der Waals surface area (Å²) in [6.45, 7) is 7.83. The first-order chi connectivity index (χ1) is 32.0. The molecule has 15 nitrogen and oxygen atoms in total. The Morgan fingerprint density at radius 3 is 2.26 bits per heavy atom. The van der Waals surface area contributed by atoms with Gasteiger partial charge >= 0.3 is 0 Å². The average molecular weight is 935 g/mol. The van der Waals surface area contributed by atoms with Gasteiger partial charge in [-0.1, -0.05) is 43.7 Å². The van der Waals surface area contributed by atoms with Crippen LogP contribution in [-0.2, 0) is 51.0 Å². The van der Waals surface area contributed by atoms with Crippen molar-refractivity contribution < 1.29 is 53.4 Å². The third kappa shape index (κ3) is 12.9. The molecule has 362 valence electrons. The lowest BCUT2D eigenvalue weighted by atomic mass is 9.52. The molecule has 2 heterocycles. The van der Waals surface area contributed by atoms with Gasteiger partial charge in [0, 0.05) is 26.1 Å². The van der Waals surface area contributed by atoms with E-state index < -0.39 is 24.0 Å². The van der Waals surface area contributed by atoms with Crippen molar-refractivity contribution in [1.29, 1.82) is 0 Å². The zero-order valence-corrected chi connectivity index (χ0v) is 39.4. The first-order valence-electron chi connectivity index (χ1n) is 23.9. The summed E-state index contributed by atoms with van der Waals surface area (Å²) in [6.07, 6.45) is 7.55. The number of benzene rings is 2. The Morgan fingerprint density at radius 2 is 1.56 bits per heavy atom. The highest BCUT2D eigenvalue weighted by atomic mass is 32.1. The molecule has 16 heteroatoms. The van der Waals surface area contributed by atoms with Gasteiger partial charge in [0.1, 0.15) is 18.4 Å². The normalized spacial score (nSPS) is 25.6. The number of phenols is 1. The minimum absolute atomic E-state index is 0.0115. The van der Waals surface area contributed by atoms with Gasteiger partial charge in [0.25, 0.3) is 0 Å². The van der Waals surface area contributed by atoms with E-state index in [-0.39, 0.29) is 63.3 Å². The Balaban J connectivity index is 0.659. The molecule has 3 aromatic rings. The van der Waals surface area contributed by atoms with E-state index in [9.17, 15) is 29.7 Å². The van der Waals surface area contributed by atoms with Crippen LogP contribution in [0.15, 0.2) is 48.0 Å². The summed E-state index contributed by atoms with van der Waals surface area (Å²) in [5.74, 6) is 1.27. The SMILES string of the molecule is Cc1ncsc1-c1ccc(CNC(=O)C2CC(O)CN2C(=O)CNC(=O)COCCOCCOCCOCCOCCCCC2Cc3cc(O)ccc3C3CCC4(C)C(O)CCC4C23)cc1. The molecule has 2 aromatic carbocycles. The van der Waals surface area contributed by atoms with Gasteiger partial charge in [0.05, 0.1) is 87.7 Å². The minimum atomic E-state index is -0.836. The number of hydrogen-bond donors (Lipinski definition) is 5. The molecule has 2 saturated carbocycles. The molecule has 7 rings (SSSR count). The van der Waals surface area contributed by atoms with Crippen molar-refractivity contribution in [2.45, 2.75) is 102 Å². The summed E-state index contributed by atoms with van der Waals surface area (Å²) < 4.78 is 28.0. The summed E-state index contributed by atoms with van der Waals surface area (Å²) in [5, 5.41) is 36.8. The van der Waals surface area contributed by atoms with Crippen LogP contribution in [0.2, 0.25) is 0 Å². The van der Waals surface area contributed by atoms with Gasteiger partial charge in [-0.2, -0.15) is 0 Å². The molecule has 8 atom stereocenters. The quantitative estimate of drug-likeness (QED) is 0.0721. The molecule has 0 radical (unpaired) electrons. The van der Waals surface area contributed by atoms with Gasteiger partial charge in [0.15, 0.2) is 0 Å². The number of β-amino-alcohol motifs (C(OH)–C–C–N with tert-alkyl or cyclic N) is 1. The van der Waals surface area contributed by atoms with Gasteiger partial charge in [0.2, 0.25) is 17.7 Å². The number of aromatic nitrogens is 1. The van der Waals surface area contributed by atoms with Crippen LogP contribution < -0.4 is 10.6 Å².